The first kappa shape index (κ1) is 13.8. The van der Waals surface area contributed by atoms with Crippen molar-refractivity contribution in [3.8, 4) is 5.75 Å². The van der Waals surface area contributed by atoms with E-state index in [0.717, 1.165) is 12.8 Å². The van der Waals surface area contributed by atoms with E-state index in [1.165, 1.54) is 13.2 Å². The highest BCUT2D eigenvalue weighted by atomic mass is 19.1. The number of hydrogen-bond donors (Lipinski definition) is 2. The quantitative estimate of drug-likeness (QED) is 0.822. The zero-order chi connectivity index (χ0) is 13.8. The number of ether oxygens (including phenoxy) is 1. The Morgan fingerprint density at radius 1 is 1.53 bits per heavy atom. The summed E-state index contributed by atoms with van der Waals surface area (Å²) in [5.74, 6) is 0.124. The number of carbonyl (C=O) groups excluding carboxylic acids is 1. The lowest BCUT2D eigenvalue weighted by molar-refractivity contribution is -0.122. The maximum atomic E-state index is 13.7. The molecule has 1 saturated carbocycles. The lowest BCUT2D eigenvalue weighted by Gasteiger charge is -2.14. The van der Waals surface area contributed by atoms with Gasteiger partial charge in [0.1, 0.15) is 11.6 Å². The van der Waals surface area contributed by atoms with Crippen LogP contribution in [0.1, 0.15) is 25.3 Å². The highest BCUT2D eigenvalue weighted by Gasteiger charge is 2.25. The first-order valence-electron chi connectivity index (χ1n) is 6.46. The fourth-order valence-electron chi connectivity index (χ4n) is 1.71. The summed E-state index contributed by atoms with van der Waals surface area (Å²) < 4.78 is 18.6. The van der Waals surface area contributed by atoms with Crippen LogP contribution in [-0.2, 0) is 11.3 Å². The van der Waals surface area contributed by atoms with Crippen molar-refractivity contribution in [3.05, 3.63) is 29.6 Å². The minimum Gasteiger partial charge on any atom is -0.497 e. The zero-order valence-electron chi connectivity index (χ0n) is 11.2. The second-order valence-electron chi connectivity index (χ2n) is 4.84. The monoisotopic (exact) mass is 266 g/mol. The van der Waals surface area contributed by atoms with Gasteiger partial charge in [-0.2, -0.15) is 0 Å². The van der Waals surface area contributed by atoms with Gasteiger partial charge in [-0.1, -0.05) is 6.07 Å². The minimum absolute atomic E-state index is 0.0311. The number of hydrogen-bond acceptors (Lipinski definition) is 3. The standard InChI is InChI=1S/C14H19FN2O2/c1-9(14(18)17-11-4-5-11)16-8-10-3-6-12(19-2)7-13(10)15/h3,6-7,9,11,16H,4-5,8H2,1-2H3,(H,17,18). The van der Waals surface area contributed by atoms with Gasteiger partial charge < -0.3 is 15.4 Å². The van der Waals surface area contributed by atoms with Gasteiger partial charge >= 0.3 is 0 Å². The Morgan fingerprint density at radius 3 is 2.84 bits per heavy atom. The van der Waals surface area contributed by atoms with E-state index >= 15 is 0 Å². The topological polar surface area (TPSA) is 50.4 Å². The Balaban J connectivity index is 1.85. The van der Waals surface area contributed by atoms with E-state index in [0.29, 0.717) is 23.9 Å². The van der Waals surface area contributed by atoms with Crippen molar-refractivity contribution in [1.29, 1.82) is 0 Å². The van der Waals surface area contributed by atoms with Crippen molar-refractivity contribution in [2.75, 3.05) is 7.11 Å². The summed E-state index contributed by atoms with van der Waals surface area (Å²) in [6, 6.07) is 4.71. The molecule has 0 aromatic heterocycles. The van der Waals surface area contributed by atoms with Crippen molar-refractivity contribution in [3.63, 3.8) is 0 Å². The molecule has 0 aliphatic heterocycles. The van der Waals surface area contributed by atoms with E-state index in [-0.39, 0.29) is 17.8 Å². The predicted octanol–water partition coefficient (Wildman–Crippen LogP) is 1.59. The molecular weight excluding hydrogens is 247 g/mol. The van der Waals surface area contributed by atoms with Gasteiger partial charge in [0, 0.05) is 24.2 Å². The highest BCUT2D eigenvalue weighted by molar-refractivity contribution is 5.81. The zero-order valence-corrected chi connectivity index (χ0v) is 11.2. The van der Waals surface area contributed by atoms with Crippen LogP contribution in [0.15, 0.2) is 18.2 Å². The molecule has 1 aromatic rings. The normalized spacial score (nSPS) is 15.9. The van der Waals surface area contributed by atoms with Gasteiger partial charge in [-0.15, -0.1) is 0 Å². The summed E-state index contributed by atoms with van der Waals surface area (Å²) in [5, 5.41) is 5.92. The molecule has 4 nitrogen and oxygen atoms in total. The van der Waals surface area contributed by atoms with Crippen LogP contribution in [0.3, 0.4) is 0 Å². The van der Waals surface area contributed by atoms with Crippen LogP contribution in [0, 0.1) is 5.82 Å². The molecule has 0 radical (unpaired) electrons. The molecule has 5 heteroatoms. The number of benzene rings is 1. The Bertz CT molecular complexity index is 461. The van der Waals surface area contributed by atoms with Crippen LogP contribution in [0.4, 0.5) is 4.39 Å². The summed E-state index contributed by atoms with van der Waals surface area (Å²) in [4.78, 5) is 11.7. The predicted molar refractivity (Wildman–Crippen MR) is 70.4 cm³/mol. The van der Waals surface area contributed by atoms with Crippen LogP contribution >= 0.6 is 0 Å². The molecule has 1 fully saturated rings. The molecule has 19 heavy (non-hydrogen) atoms. The van der Waals surface area contributed by atoms with Gasteiger partial charge in [0.2, 0.25) is 5.91 Å². The van der Waals surface area contributed by atoms with E-state index in [4.69, 9.17) is 4.74 Å². The number of halogens is 1. The van der Waals surface area contributed by atoms with Crippen LogP contribution in [0.2, 0.25) is 0 Å². The van der Waals surface area contributed by atoms with E-state index in [1.54, 1.807) is 19.1 Å². The molecule has 2 N–H and O–H groups in total. The third-order valence-corrected chi connectivity index (χ3v) is 3.18. The number of nitrogens with one attached hydrogen (secondary N) is 2. The number of methoxy groups -OCH3 is 1. The maximum absolute atomic E-state index is 13.7. The molecule has 0 saturated heterocycles. The van der Waals surface area contributed by atoms with Crippen molar-refractivity contribution in [1.82, 2.24) is 10.6 Å². The van der Waals surface area contributed by atoms with Gasteiger partial charge in [-0.25, -0.2) is 4.39 Å². The molecule has 1 aromatic carbocycles. The second-order valence-corrected chi connectivity index (χ2v) is 4.84. The van der Waals surface area contributed by atoms with E-state index in [9.17, 15) is 9.18 Å². The first-order chi connectivity index (χ1) is 9.10. The fourth-order valence-corrected chi connectivity index (χ4v) is 1.71. The van der Waals surface area contributed by atoms with E-state index in [1.807, 2.05) is 0 Å². The highest BCUT2D eigenvalue weighted by Crippen LogP contribution is 2.19. The van der Waals surface area contributed by atoms with E-state index < -0.39 is 0 Å². The lowest BCUT2D eigenvalue weighted by Crippen LogP contribution is -2.42. The molecule has 1 atom stereocenters. The summed E-state index contributed by atoms with van der Waals surface area (Å²) in [7, 11) is 1.50. The second kappa shape index (κ2) is 6.02. The molecule has 0 bridgehead atoms. The van der Waals surface area contributed by atoms with Crippen molar-refractivity contribution in [2.24, 2.45) is 0 Å². The number of rotatable bonds is 6. The minimum atomic E-state index is -0.332. The SMILES string of the molecule is COc1ccc(CNC(C)C(=O)NC2CC2)c(F)c1. The number of carbonyl (C=O) groups is 1. The van der Waals surface area contributed by atoms with Crippen LogP contribution in [0.5, 0.6) is 5.75 Å². The van der Waals surface area contributed by atoms with Gasteiger partial charge in [0.25, 0.3) is 0 Å². The van der Waals surface area contributed by atoms with Crippen molar-refractivity contribution in [2.45, 2.75) is 38.4 Å². The van der Waals surface area contributed by atoms with Gasteiger partial charge in [-0.05, 0) is 25.8 Å². The van der Waals surface area contributed by atoms with Crippen molar-refractivity contribution < 1.29 is 13.9 Å². The summed E-state index contributed by atoms with van der Waals surface area (Å²) >= 11 is 0. The molecule has 1 aliphatic rings. The average Bonchev–Trinajstić information content (AvgIpc) is 3.20. The largest absolute Gasteiger partial charge is 0.497 e. The van der Waals surface area contributed by atoms with Crippen molar-refractivity contribution >= 4 is 5.91 Å². The Labute approximate surface area is 112 Å². The molecule has 0 heterocycles. The van der Waals surface area contributed by atoms with E-state index in [2.05, 4.69) is 10.6 Å². The smallest absolute Gasteiger partial charge is 0.237 e. The van der Waals surface area contributed by atoms with Gasteiger partial charge in [-0.3, -0.25) is 4.79 Å². The Morgan fingerprint density at radius 2 is 2.26 bits per heavy atom. The van der Waals surface area contributed by atoms with Crippen LogP contribution in [0.25, 0.3) is 0 Å². The molecule has 1 unspecified atom stereocenters. The third-order valence-electron chi connectivity index (χ3n) is 3.18. The summed E-state index contributed by atoms with van der Waals surface area (Å²) in [6.07, 6.45) is 2.12. The summed E-state index contributed by atoms with van der Waals surface area (Å²) in [6.45, 7) is 2.09. The Kier molecular flexibility index (Phi) is 4.37. The molecule has 104 valence electrons. The third kappa shape index (κ3) is 3.92. The van der Waals surface area contributed by atoms with Gasteiger partial charge in [0.05, 0.1) is 13.2 Å². The average molecular weight is 266 g/mol. The number of amides is 1. The fraction of sp³-hybridized carbons (Fsp3) is 0.500. The maximum Gasteiger partial charge on any atom is 0.237 e. The Hall–Kier alpha value is -1.62. The van der Waals surface area contributed by atoms with Gasteiger partial charge in [0.15, 0.2) is 0 Å². The van der Waals surface area contributed by atoms with Crippen LogP contribution in [-0.4, -0.2) is 25.1 Å². The molecule has 2 rings (SSSR count). The molecule has 0 spiro atoms. The summed E-state index contributed by atoms with van der Waals surface area (Å²) in [5.41, 5.74) is 0.520. The molecule has 1 amide bonds. The van der Waals surface area contributed by atoms with Crippen LogP contribution < -0.4 is 15.4 Å². The molecular formula is C14H19FN2O2. The lowest BCUT2D eigenvalue weighted by atomic mass is 10.2. The molecule has 1 aliphatic carbocycles. The first-order valence-corrected chi connectivity index (χ1v) is 6.46.